The summed E-state index contributed by atoms with van der Waals surface area (Å²) in [4.78, 5) is 0. The van der Waals surface area contributed by atoms with Crippen molar-refractivity contribution in [1.29, 1.82) is 0 Å². The van der Waals surface area contributed by atoms with E-state index in [1.165, 1.54) is 25.7 Å². The van der Waals surface area contributed by atoms with Crippen molar-refractivity contribution >= 4 is 23.2 Å². The van der Waals surface area contributed by atoms with Crippen LogP contribution in [0.25, 0.3) is 0 Å². The Balaban J connectivity index is 2.06. The molecule has 2 rings (SSSR count). The maximum absolute atomic E-state index is 6.30. The van der Waals surface area contributed by atoms with Crippen LogP contribution in [0.1, 0.15) is 45.1 Å². The summed E-state index contributed by atoms with van der Waals surface area (Å²) in [6.45, 7) is 4.76. The molecule has 0 radical (unpaired) electrons. The van der Waals surface area contributed by atoms with Crippen LogP contribution < -0.4 is 5.32 Å². The third-order valence-corrected chi connectivity index (χ3v) is 5.52. The topological polar surface area (TPSA) is 12.0 Å². The van der Waals surface area contributed by atoms with Crippen molar-refractivity contribution in [3.63, 3.8) is 0 Å². The fourth-order valence-electron chi connectivity index (χ4n) is 3.28. The van der Waals surface area contributed by atoms with E-state index in [0.29, 0.717) is 11.5 Å². The van der Waals surface area contributed by atoms with Crippen molar-refractivity contribution in [3.05, 3.63) is 33.8 Å². The van der Waals surface area contributed by atoms with Crippen LogP contribution in [-0.2, 0) is 6.42 Å². The van der Waals surface area contributed by atoms with Crippen molar-refractivity contribution in [2.24, 2.45) is 11.3 Å². The number of likely N-dealkylation sites (N-methyl/N-ethyl adjacent to an activating group) is 1. The first-order chi connectivity index (χ1) is 9.43. The largest absolute Gasteiger partial charge is 0.316 e. The summed E-state index contributed by atoms with van der Waals surface area (Å²) in [5, 5.41) is 5.06. The average Bonchev–Trinajstić information content (AvgIpc) is 2.39. The summed E-state index contributed by atoms with van der Waals surface area (Å²) in [5.41, 5.74) is 1.59. The molecular formula is C17H25Cl2N. The van der Waals surface area contributed by atoms with Crippen LogP contribution in [0, 0.1) is 11.3 Å². The fourth-order valence-corrected chi connectivity index (χ4v) is 3.83. The molecule has 1 atom stereocenters. The smallest absolute Gasteiger partial charge is 0.0453 e. The molecule has 3 heteroatoms. The Bertz CT molecular complexity index is 426. The van der Waals surface area contributed by atoms with Crippen LogP contribution in [0.5, 0.6) is 0 Å². The van der Waals surface area contributed by atoms with E-state index < -0.39 is 0 Å². The molecule has 0 heterocycles. The summed E-state index contributed by atoms with van der Waals surface area (Å²) in [6.07, 6.45) is 6.12. The Hall–Kier alpha value is -0.240. The number of hydrogen-bond acceptors (Lipinski definition) is 1. The molecule has 1 N–H and O–H groups in total. The first-order valence-corrected chi connectivity index (χ1v) is 8.29. The van der Waals surface area contributed by atoms with Gasteiger partial charge in [-0.2, -0.15) is 0 Å². The predicted octanol–water partition coefficient (Wildman–Crippen LogP) is 5.34. The minimum atomic E-state index is 0.462. The SMILES string of the molecule is CNC(Cc1c(Cl)cccc1Cl)C1CCC(C)(C)CC1. The molecule has 112 valence electrons. The molecule has 1 aliphatic carbocycles. The van der Waals surface area contributed by atoms with E-state index in [4.69, 9.17) is 23.2 Å². The van der Waals surface area contributed by atoms with Crippen molar-refractivity contribution in [1.82, 2.24) is 5.32 Å². The fraction of sp³-hybridized carbons (Fsp3) is 0.647. The third-order valence-electron chi connectivity index (χ3n) is 4.81. The van der Waals surface area contributed by atoms with E-state index in [-0.39, 0.29) is 0 Å². The third kappa shape index (κ3) is 3.90. The average molecular weight is 314 g/mol. The van der Waals surface area contributed by atoms with Crippen molar-refractivity contribution in [2.75, 3.05) is 7.05 Å². The summed E-state index contributed by atoms with van der Waals surface area (Å²) < 4.78 is 0. The number of hydrogen-bond donors (Lipinski definition) is 1. The van der Waals surface area contributed by atoms with Gasteiger partial charge in [0.1, 0.15) is 0 Å². The molecule has 0 aliphatic heterocycles. The standard InChI is InChI=1S/C17H25Cl2N/c1-17(2)9-7-12(8-10-17)16(20-3)11-13-14(18)5-4-6-15(13)19/h4-6,12,16,20H,7-11H2,1-3H3. The Labute approximate surface area is 133 Å². The van der Waals surface area contributed by atoms with Gasteiger partial charge in [0.25, 0.3) is 0 Å². The monoisotopic (exact) mass is 313 g/mol. The minimum absolute atomic E-state index is 0.462. The van der Waals surface area contributed by atoms with E-state index >= 15 is 0 Å². The van der Waals surface area contributed by atoms with Gasteiger partial charge in [-0.25, -0.2) is 0 Å². The Morgan fingerprint density at radius 2 is 1.75 bits per heavy atom. The molecule has 0 aromatic heterocycles. The molecule has 20 heavy (non-hydrogen) atoms. The summed E-state index contributed by atoms with van der Waals surface area (Å²) in [7, 11) is 2.05. The van der Waals surface area contributed by atoms with Gasteiger partial charge in [0.15, 0.2) is 0 Å². The van der Waals surface area contributed by atoms with E-state index in [0.717, 1.165) is 27.9 Å². The normalized spacial score (nSPS) is 20.9. The van der Waals surface area contributed by atoms with Crippen molar-refractivity contribution in [2.45, 2.75) is 52.0 Å². The summed E-state index contributed by atoms with van der Waals surface area (Å²) in [6, 6.07) is 6.23. The van der Waals surface area contributed by atoms with Crippen LogP contribution in [0.2, 0.25) is 10.0 Å². The highest BCUT2D eigenvalue weighted by molar-refractivity contribution is 6.36. The first kappa shape index (κ1) is 16.1. The molecule has 0 bridgehead atoms. The quantitative estimate of drug-likeness (QED) is 0.791. The maximum atomic E-state index is 6.30. The lowest BCUT2D eigenvalue weighted by molar-refractivity contribution is 0.163. The van der Waals surface area contributed by atoms with Gasteiger partial charge in [-0.1, -0.05) is 43.1 Å². The second kappa shape index (κ2) is 6.68. The molecule has 0 amide bonds. The molecule has 1 saturated carbocycles. The van der Waals surface area contributed by atoms with Gasteiger partial charge in [-0.3, -0.25) is 0 Å². The molecule has 1 nitrogen and oxygen atoms in total. The molecule has 1 aromatic carbocycles. The van der Waals surface area contributed by atoms with Crippen LogP contribution in [-0.4, -0.2) is 13.1 Å². The lowest BCUT2D eigenvalue weighted by Gasteiger charge is -2.38. The van der Waals surface area contributed by atoms with Crippen LogP contribution in [0.4, 0.5) is 0 Å². The van der Waals surface area contributed by atoms with Gasteiger partial charge in [0.2, 0.25) is 0 Å². The van der Waals surface area contributed by atoms with Crippen LogP contribution >= 0.6 is 23.2 Å². The van der Waals surface area contributed by atoms with Gasteiger partial charge in [0.05, 0.1) is 0 Å². The van der Waals surface area contributed by atoms with E-state index in [2.05, 4.69) is 26.2 Å². The first-order valence-electron chi connectivity index (χ1n) is 7.53. The van der Waals surface area contributed by atoms with E-state index in [1.807, 2.05) is 18.2 Å². The zero-order valence-electron chi connectivity index (χ0n) is 12.7. The molecule has 0 spiro atoms. The Morgan fingerprint density at radius 3 is 2.25 bits per heavy atom. The highest BCUT2D eigenvalue weighted by Gasteiger charge is 2.31. The van der Waals surface area contributed by atoms with Crippen molar-refractivity contribution < 1.29 is 0 Å². The molecule has 1 fully saturated rings. The van der Waals surface area contributed by atoms with Gasteiger partial charge in [0, 0.05) is 16.1 Å². The second-order valence-corrected chi connectivity index (χ2v) is 7.62. The lowest BCUT2D eigenvalue weighted by Crippen LogP contribution is -2.39. The molecule has 1 aromatic rings. The van der Waals surface area contributed by atoms with Gasteiger partial charge >= 0.3 is 0 Å². The summed E-state index contributed by atoms with van der Waals surface area (Å²) >= 11 is 12.6. The van der Waals surface area contributed by atoms with Crippen LogP contribution in [0.3, 0.4) is 0 Å². The number of halogens is 2. The van der Waals surface area contributed by atoms with Crippen molar-refractivity contribution in [3.8, 4) is 0 Å². The number of rotatable bonds is 4. The minimum Gasteiger partial charge on any atom is -0.316 e. The molecule has 1 unspecified atom stereocenters. The molecule has 1 aliphatic rings. The van der Waals surface area contributed by atoms with Gasteiger partial charge < -0.3 is 5.32 Å². The van der Waals surface area contributed by atoms with E-state index in [1.54, 1.807) is 0 Å². The Kier molecular flexibility index (Phi) is 5.39. The molecule has 0 saturated heterocycles. The van der Waals surface area contributed by atoms with Crippen LogP contribution in [0.15, 0.2) is 18.2 Å². The van der Waals surface area contributed by atoms with E-state index in [9.17, 15) is 0 Å². The maximum Gasteiger partial charge on any atom is 0.0453 e. The lowest BCUT2D eigenvalue weighted by atomic mass is 9.70. The highest BCUT2D eigenvalue weighted by atomic mass is 35.5. The molecular weight excluding hydrogens is 289 g/mol. The second-order valence-electron chi connectivity index (χ2n) is 6.80. The number of nitrogens with one attached hydrogen (secondary N) is 1. The van der Waals surface area contributed by atoms with Gasteiger partial charge in [-0.05, 0) is 68.2 Å². The zero-order valence-corrected chi connectivity index (χ0v) is 14.2. The Morgan fingerprint density at radius 1 is 1.20 bits per heavy atom. The summed E-state index contributed by atoms with van der Waals surface area (Å²) in [5.74, 6) is 0.723. The number of benzene rings is 1. The van der Waals surface area contributed by atoms with Gasteiger partial charge in [-0.15, -0.1) is 0 Å². The highest BCUT2D eigenvalue weighted by Crippen LogP contribution is 2.40. The zero-order chi connectivity index (χ0) is 14.8. The predicted molar refractivity (Wildman–Crippen MR) is 88.8 cm³/mol.